The smallest absolute Gasteiger partial charge is 0.223 e. The van der Waals surface area contributed by atoms with Crippen LogP contribution in [-0.2, 0) is 17.9 Å². The van der Waals surface area contributed by atoms with E-state index in [1.165, 1.54) is 4.88 Å². The maximum Gasteiger partial charge on any atom is 0.223 e. The number of thiophene rings is 1. The second-order valence-corrected chi connectivity index (χ2v) is 7.35. The normalized spacial score (nSPS) is 16.8. The fourth-order valence-corrected chi connectivity index (χ4v) is 3.87. The lowest BCUT2D eigenvalue weighted by Gasteiger charge is -2.30. The molecule has 1 N–H and O–H groups in total. The third-order valence-electron chi connectivity index (χ3n) is 3.98. The van der Waals surface area contributed by atoms with Gasteiger partial charge in [0.25, 0.3) is 0 Å². The topological polar surface area (TPSA) is 45.5 Å². The third kappa shape index (κ3) is 4.12. The molecule has 3 rings (SSSR count). The van der Waals surface area contributed by atoms with Gasteiger partial charge in [-0.1, -0.05) is 11.6 Å². The van der Waals surface area contributed by atoms with E-state index in [0.29, 0.717) is 6.54 Å². The molecule has 4 nitrogen and oxygen atoms in total. The average Bonchev–Trinajstić information content (AvgIpc) is 3.17. The molecule has 0 saturated carbocycles. The van der Waals surface area contributed by atoms with Gasteiger partial charge in [0.15, 0.2) is 0 Å². The van der Waals surface area contributed by atoms with E-state index in [1.54, 1.807) is 17.6 Å². The summed E-state index contributed by atoms with van der Waals surface area (Å²) in [6.45, 7) is 3.31. The van der Waals surface area contributed by atoms with Crippen LogP contribution in [0.25, 0.3) is 0 Å². The van der Waals surface area contributed by atoms with E-state index >= 15 is 0 Å². The Morgan fingerprint density at radius 1 is 1.36 bits per heavy atom. The van der Waals surface area contributed by atoms with Crippen molar-refractivity contribution in [1.82, 2.24) is 10.2 Å². The minimum Gasteiger partial charge on any atom is -0.467 e. The van der Waals surface area contributed by atoms with Crippen LogP contribution >= 0.6 is 22.9 Å². The highest BCUT2D eigenvalue weighted by Gasteiger charge is 2.25. The summed E-state index contributed by atoms with van der Waals surface area (Å²) < 4.78 is 6.06. The highest BCUT2D eigenvalue weighted by molar-refractivity contribution is 7.16. The maximum absolute atomic E-state index is 12.2. The number of carbonyl (C=O) groups is 1. The first kappa shape index (κ1) is 15.6. The SMILES string of the molecule is O=C(NCc1ccco1)C1CCN(Cc2ccc(Cl)s2)CC1. The molecule has 6 heteroatoms. The largest absolute Gasteiger partial charge is 0.467 e. The number of nitrogens with zero attached hydrogens (tertiary/aromatic N) is 1. The molecular weight excluding hydrogens is 320 g/mol. The molecule has 1 fully saturated rings. The maximum atomic E-state index is 12.2. The number of rotatable bonds is 5. The first-order valence-corrected chi connectivity index (χ1v) is 8.67. The van der Waals surface area contributed by atoms with Crippen LogP contribution in [0.5, 0.6) is 0 Å². The number of nitrogens with one attached hydrogen (secondary N) is 1. The molecule has 118 valence electrons. The monoisotopic (exact) mass is 338 g/mol. The lowest BCUT2D eigenvalue weighted by Crippen LogP contribution is -2.39. The lowest BCUT2D eigenvalue weighted by atomic mass is 9.96. The molecule has 0 spiro atoms. The van der Waals surface area contributed by atoms with Crippen molar-refractivity contribution in [2.45, 2.75) is 25.9 Å². The van der Waals surface area contributed by atoms with Gasteiger partial charge in [-0.15, -0.1) is 11.3 Å². The minimum absolute atomic E-state index is 0.109. The molecular formula is C16H19ClN2O2S. The van der Waals surface area contributed by atoms with Gasteiger partial charge in [0.05, 0.1) is 17.1 Å². The Balaban J connectivity index is 1.42. The third-order valence-corrected chi connectivity index (χ3v) is 5.20. The van der Waals surface area contributed by atoms with Crippen LogP contribution in [0.2, 0.25) is 4.34 Å². The number of hydrogen-bond donors (Lipinski definition) is 1. The number of amides is 1. The van der Waals surface area contributed by atoms with E-state index in [2.05, 4.69) is 16.3 Å². The number of piperidine rings is 1. The minimum atomic E-state index is 0.109. The lowest BCUT2D eigenvalue weighted by molar-refractivity contribution is -0.126. The van der Waals surface area contributed by atoms with E-state index in [0.717, 1.165) is 42.6 Å². The van der Waals surface area contributed by atoms with Crippen molar-refractivity contribution in [2.24, 2.45) is 5.92 Å². The molecule has 0 aliphatic carbocycles. The first-order valence-electron chi connectivity index (χ1n) is 7.47. The van der Waals surface area contributed by atoms with E-state index < -0.39 is 0 Å². The van der Waals surface area contributed by atoms with E-state index in [1.807, 2.05) is 18.2 Å². The van der Waals surface area contributed by atoms with Gasteiger partial charge in [-0.05, 0) is 50.2 Å². The predicted molar refractivity (Wildman–Crippen MR) is 87.9 cm³/mol. The second kappa shape index (κ2) is 7.31. The van der Waals surface area contributed by atoms with Crippen LogP contribution in [0.1, 0.15) is 23.5 Å². The Kier molecular flexibility index (Phi) is 5.18. The highest BCUT2D eigenvalue weighted by atomic mass is 35.5. The first-order chi connectivity index (χ1) is 10.7. The van der Waals surface area contributed by atoms with Gasteiger partial charge in [0, 0.05) is 17.3 Å². The summed E-state index contributed by atoms with van der Waals surface area (Å²) in [7, 11) is 0. The Morgan fingerprint density at radius 3 is 2.82 bits per heavy atom. The molecule has 0 atom stereocenters. The molecule has 2 aromatic rings. The molecule has 1 amide bonds. The Hall–Kier alpha value is -1.30. The van der Waals surface area contributed by atoms with Gasteiger partial charge in [0.2, 0.25) is 5.91 Å². The summed E-state index contributed by atoms with van der Waals surface area (Å²) in [6, 6.07) is 7.72. The average molecular weight is 339 g/mol. The number of hydrogen-bond acceptors (Lipinski definition) is 4. The summed E-state index contributed by atoms with van der Waals surface area (Å²) in [5, 5.41) is 2.96. The highest BCUT2D eigenvalue weighted by Crippen LogP contribution is 2.25. The molecule has 1 aliphatic rings. The van der Waals surface area contributed by atoms with E-state index in [4.69, 9.17) is 16.0 Å². The van der Waals surface area contributed by atoms with Gasteiger partial charge >= 0.3 is 0 Å². The van der Waals surface area contributed by atoms with Crippen molar-refractivity contribution in [3.05, 3.63) is 45.5 Å². The van der Waals surface area contributed by atoms with Crippen molar-refractivity contribution in [3.8, 4) is 0 Å². The quantitative estimate of drug-likeness (QED) is 0.907. The van der Waals surface area contributed by atoms with Crippen molar-refractivity contribution in [3.63, 3.8) is 0 Å². The molecule has 2 aromatic heterocycles. The summed E-state index contributed by atoms with van der Waals surface area (Å²) in [5.41, 5.74) is 0. The van der Waals surface area contributed by atoms with Crippen molar-refractivity contribution in [1.29, 1.82) is 0 Å². The zero-order valence-electron chi connectivity index (χ0n) is 12.3. The van der Waals surface area contributed by atoms with Crippen LogP contribution in [0.15, 0.2) is 34.9 Å². The van der Waals surface area contributed by atoms with Gasteiger partial charge < -0.3 is 9.73 Å². The summed E-state index contributed by atoms with van der Waals surface area (Å²) >= 11 is 7.59. The van der Waals surface area contributed by atoms with Gasteiger partial charge in [-0.25, -0.2) is 0 Å². The Labute approximate surface area is 139 Å². The van der Waals surface area contributed by atoms with Crippen molar-refractivity contribution in [2.75, 3.05) is 13.1 Å². The zero-order chi connectivity index (χ0) is 15.4. The van der Waals surface area contributed by atoms with Crippen molar-refractivity contribution >= 4 is 28.8 Å². The zero-order valence-corrected chi connectivity index (χ0v) is 13.8. The Morgan fingerprint density at radius 2 is 2.18 bits per heavy atom. The van der Waals surface area contributed by atoms with Crippen LogP contribution in [0, 0.1) is 5.92 Å². The van der Waals surface area contributed by atoms with Crippen LogP contribution in [0.3, 0.4) is 0 Å². The molecule has 1 aliphatic heterocycles. The number of halogens is 1. The van der Waals surface area contributed by atoms with Crippen LogP contribution in [0.4, 0.5) is 0 Å². The van der Waals surface area contributed by atoms with Crippen LogP contribution in [-0.4, -0.2) is 23.9 Å². The summed E-state index contributed by atoms with van der Waals surface area (Å²) in [4.78, 5) is 15.8. The van der Waals surface area contributed by atoms with E-state index in [-0.39, 0.29) is 11.8 Å². The molecule has 0 bridgehead atoms. The van der Waals surface area contributed by atoms with E-state index in [9.17, 15) is 4.79 Å². The molecule has 0 unspecified atom stereocenters. The van der Waals surface area contributed by atoms with Gasteiger partial charge in [-0.3, -0.25) is 9.69 Å². The van der Waals surface area contributed by atoms with Crippen LogP contribution < -0.4 is 5.32 Å². The number of likely N-dealkylation sites (tertiary alicyclic amines) is 1. The molecule has 1 saturated heterocycles. The fourth-order valence-electron chi connectivity index (χ4n) is 2.74. The fraction of sp³-hybridized carbons (Fsp3) is 0.438. The molecule has 0 radical (unpaired) electrons. The van der Waals surface area contributed by atoms with Gasteiger partial charge in [0.1, 0.15) is 5.76 Å². The standard InChI is InChI=1S/C16H19ClN2O2S/c17-15-4-3-14(22-15)11-19-7-5-12(6-8-19)16(20)18-10-13-2-1-9-21-13/h1-4,9,12H,5-8,10-11H2,(H,18,20). The predicted octanol–water partition coefficient (Wildman–Crippen LogP) is 3.52. The number of furan rings is 1. The molecule has 22 heavy (non-hydrogen) atoms. The van der Waals surface area contributed by atoms with Gasteiger partial charge in [-0.2, -0.15) is 0 Å². The van der Waals surface area contributed by atoms with Crippen molar-refractivity contribution < 1.29 is 9.21 Å². The molecule has 3 heterocycles. The summed E-state index contributed by atoms with van der Waals surface area (Å²) in [6.07, 6.45) is 3.43. The second-order valence-electron chi connectivity index (χ2n) is 5.55. The molecule has 0 aromatic carbocycles. The summed E-state index contributed by atoms with van der Waals surface area (Å²) in [5.74, 6) is 1.04. The number of carbonyl (C=O) groups excluding carboxylic acids is 1. The Bertz CT molecular complexity index is 603.